The van der Waals surface area contributed by atoms with E-state index < -0.39 is 95.5 Å². The zero-order chi connectivity index (χ0) is 56.2. The average molecular weight is 1100 g/mol. The topological polar surface area (TPSA) is 247 Å². The average Bonchev–Trinajstić information content (AvgIpc) is 4.06. The van der Waals surface area contributed by atoms with Crippen LogP contribution >= 0.6 is 22.9 Å². The van der Waals surface area contributed by atoms with Crippen LogP contribution in [0.25, 0.3) is 16.1 Å². The van der Waals surface area contributed by atoms with Gasteiger partial charge in [0.1, 0.15) is 41.6 Å². The molecule has 21 heteroatoms. The number of ether oxygens (including phenoxy) is 1. The minimum Gasteiger partial charge on any atom is -0.391 e. The second-order valence-electron chi connectivity index (χ2n) is 21.4. The Balaban J connectivity index is 1.06. The molecule has 2 aromatic heterocycles. The van der Waals surface area contributed by atoms with E-state index in [2.05, 4.69) is 31.5 Å². The van der Waals surface area contributed by atoms with Crippen molar-refractivity contribution in [1.29, 1.82) is 0 Å². The van der Waals surface area contributed by atoms with Crippen molar-refractivity contribution in [3.05, 3.63) is 123 Å². The van der Waals surface area contributed by atoms with Gasteiger partial charge in [0.15, 0.2) is 11.6 Å². The van der Waals surface area contributed by atoms with Gasteiger partial charge in [0, 0.05) is 66.5 Å². The lowest BCUT2D eigenvalue weighted by molar-refractivity contribution is -0.144. The number of carbonyl (C=O) groups is 7. The highest BCUT2D eigenvalue weighted by atomic mass is 35.5. The summed E-state index contributed by atoms with van der Waals surface area (Å²) in [6.07, 6.45) is -1.64. The summed E-state index contributed by atoms with van der Waals surface area (Å²) in [6, 6.07) is 18.9. The van der Waals surface area contributed by atoms with Crippen molar-refractivity contribution in [3.63, 3.8) is 0 Å². The molecule has 8 rings (SSSR count). The fourth-order valence-corrected chi connectivity index (χ4v) is 11.3. The number of benzene rings is 3. The molecule has 7 atom stereocenters. The molecule has 5 aromatic rings. The van der Waals surface area contributed by atoms with Gasteiger partial charge in [-0.15, -0.1) is 21.5 Å². The summed E-state index contributed by atoms with van der Waals surface area (Å²) in [5.41, 5.74) is 5.12. The molecule has 3 aliphatic heterocycles. The van der Waals surface area contributed by atoms with Crippen LogP contribution in [-0.2, 0) is 44.7 Å². The number of aliphatic hydroxyl groups is 1. The van der Waals surface area contributed by atoms with Crippen LogP contribution in [0.5, 0.6) is 0 Å². The maximum atomic E-state index is 14.5. The first-order chi connectivity index (χ1) is 37.1. The number of hydrogen-bond acceptors (Lipinski definition) is 13. The zero-order valence-electron chi connectivity index (χ0n) is 45.1. The minimum atomic E-state index is -1.37. The first-order valence-electron chi connectivity index (χ1n) is 26.1. The molecule has 412 valence electrons. The van der Waals surface area contributed by atoms with Gasteiger partial charge >= 0.3 is 0 Å². The van der Waals surface area contributed by atoms with Gasteiger partial charge in [0.25, 0.3) is 0 Å². The van der Waals surface area contributed by atoms with E-state index in [4.69, 9.17) is 21.3 Å². The fraction of sp³-hybridized carbons (Fsp3) is 0.439. The van der Waals surface area contributed by atoms with E-state index in [-0.39, 0.29) is 51.9 Å². The van der Waals surface area contributed by atoms with Crippen LogP contribution in [0, 0.1) is 32.1 Å². The Morgan fingerprint density at radius 1 is 0.872 bits per heavy atom. The predicted molar refractivity (Wildman–Crippen MR) is 295 cm³/mol. The summed E-state index contributed by atoms with van der Waals surface area (Å²) in [5.74, 6) is -4.24. The van der Waals surface area contributed by atoms with Gasteiger partial charge in [-0.05, 0) is 73.9 Å². The number of halogens is 1. The number of aryl methyl sites for hydroxylation is 2. The molecule has 0 bridgehead atoms. The first-order valence-corrected chi connectivity index (χ1v) is 27.3. The molecular formula is C57H67ClN10O9S. The van der Waals surface area contributed by atoms with Crippen LogP contribution in [0.4, 0.5) is 0 Å². The molecule has 0 spiro atoms. The van der Waals surface area contributed by atoms with Gasteiger partial charge < -0.3 is 40.9 Å². The number of ketones is 1. The monoisotopic (exact) mass is 1100 g/mol. The van der Waals surface area contributed by atoms with Gasteiger partial charge in [0.05, 0.1) is 30.9 Å². The van der Waals surface area contributed by atoms with Crippen molar-refractivity contribution in [3.8, 4) is 16.1 Å². The van der Waals surface area contributed by atoms with Crippen molar-refractivity contribution in [1.82, 2.24) is 45.8 Å². The standard InChI is InChI=1S/C57H67ClN10O9S/c1-31-33(3)78-56-48(31)49(38-18-20-40(58)21-19-38)61-42(51-65-64-34(4)68(51)56)27-46(71)59-28-43-54(75)66(8)22-23-77-30-47(72)63-50(57(5,6)7)55(76)67-29-41(69)26-44(67)45(70)25-39(53(74)60-32(2)52(73)62-43)24-35-14-16-37(17-15-35)36-12-10-9-11-13-36/h9-21,32,39,41-44,50,69H,22-30H2,1-8H3,(H,59,71)(H,60,74)(H,62,73)(H,63,72)/t32-,39+,41-,42+,43-,44+,50-/m1/s1. The smallest absolute Gasteiger partial charge is 0.246 e. The highest BCUT2D eigenvalue weighted by molar-refractivity contribution is 7.15. The molecule has 78 heavy (non-hydrogen) atoms. The van der Waals surface area contributed by atoms with Crippen LogP contribution in [0.15, 0.2) is 83.9 Å². The molecule has 3 aromatic carbocycles. The second-order valence-corrected chi connectivity index (χ2v) is 23.1. The van der Waals surface area contributed by atoms with Gasteiger partial charge in [-0.3, -0.25) is 43.1 Å². The third-order valence-corrected chi connectivity index (χ3v) is 15.9. The summed E-state index contributed by atoms with van der Waals surface area (Å²) in [5, 5.41) is 32.3. The molecular weight excluding hydrogens is 1040 g/mol. The zero-order valence-corrected chi connectivity index (χ0v) is 46.7. The Bertz CT molecular complexity index is 3100. The molecule has 3 aliphatic rings. The number of aromatic nitrogens is 3. The molecule has 2 fully saturated rings. The quantitative estimate of drug-likeness (QED) is 0.142. The number of carbonyl (C=O) groups excluding carboxylic acids is 7. The molecule has 5 heterocycles. The molecule has 0 radical (unpaired) electrons. The third kappa shape index (κ3) is 13.1. The maximum absolute atomic E-state index is 14.5. The number of fused-ring (bicyclic) bond motifs is 4. The number of nitrogens with one attached hydrogen (secondary N) is 4. The normalized spacial score (nSPS) is 23.2. The SMILES string of the molecule is Cc1sc2c(c1C)C(c1ccc(Cl)cc1)=N[C@@H](CC(=O)NC[C@H]1NC(=O)[C@@H](C)NC(=O)[C@@H](Cc3ccc(-c4ccccc4)cc3)CC(=O)[C@@H]3C[C@@H](O)CN3C(=O)[C@H](C(C)(C)C)NC(=O)COCCN(C)C1=O)c1nnc(C)n1-2. The Morgan fingerprint density at radius 2 is 1.55 bits per heavy atom. The maximum Gasteiger partial charge on any atom is 0.246 e. The Hall–Kier alpha value is -7.13. The largest absolute Gasteiger partial charge is 0.391 e. The van der Waals surface area contributed by atoms with Gasteiger partial charge in [0.2, 0.25) is 35.4 Å². The molecule has 0 saturated carbocycles. The summed E-state index contributed by atoms with van der Waals surface area (Å²) in [7, 11) is 1.48. The van der Waals surface area contributed by atoms with E-state index in [0.29, 0.717) is 22.4 Å². The van der Waals surface area contributed by atoms with Gasteiger partial charge in [-0.1, -0.05) is 99.1 Å². The number of aliphatic hydroxyl groups excluding tert-OH is 1. The number of likely N-dealkylation sites (N-methyl/N-ethyl adjacent to an activating group) is 1. The highest BCUT2D eigenvalue weighted by Crippen LogP contribution is 2.40. The van der Waals surface area contributed by atoms with Crippen LogP contribution < -0.4 is 21.3 Å². The Kier molecular flexibility index (Phi) is 17.7. The molecule has 0 unspecified atom stereocenters. The number of nitrogens with zero attached hydrogens (tertiary/aromatic N) is 6. The lowest BCUT2D eigenvalue weighted by Crippen LogP contribution is -2.57. The predicted octanol–water partition coefficient (Wildman–Crippen LogP) is 4.76. The van der Waals surface area contributed by atoms with Crippen molar-refractivity contribution >= 4 is 69.9 Å². The molecule has 0 aliphatic carbocycles. The summed E-state index contributed by atoms with van der Waals surface area (Å²) in [4.78, 5) is 108. The van der Waals surface area contributed by atoms with E-state index >= 15 is 0 Å². The van der Waals surface area contributed by atoms with Crippen molar-refractivity contribution in [2.75, 3.05) is 39.9 Å². The van der Waals surface area contributed by atoms with E-state index in [9.17, 15) is 38.7 Å². The molecule has 5 N–H and O–H groups in total. The third-order valence-electron chi connectivity index (χ3n) is 14.5. The van der Waals surface area contributed by atoms with Crippen LogP contribution in [0.3, 0.4) is 0 Å². The van der Waals surface area contributed by atoms with Crippen molar-refractivity contribution < 1.29 is 43.4 Å². The number of hydrogen-bond donors (Lipinski definition) is 5. The molecule has 6 amide bonds. The summed E-state index contributed by atoms with van der Waals surface area (Å²) < 4.78 is 7.61. The number of thiophene rings is 1. The van der Waals surface area contributed by atoms with E-state index in [1.807, 2.05) is 92.1 Å². The highest BCUT2D eigenvalue weighted by Gasteiger charge is 2.45. The van der Waals surface area contributed by atoms with Gasteiger partial charge in [-0.2, -0.15) is 0 Å². The van der Waals surface area contributed by atoms with Crippen molar-refractivity contribution in [2.24, 2.45) is 16.3 Å². The van der Waals surface area contributed by atoms with Crippen molar-refractivity contribution in [2.45, 2.75) is 110 Å². The number of aliphatic imine (C=N–C) groups is 1. The van der Waals surface area contributed by atoms with E-state index in [1.165, 1.54) is 23.8 Å². The lowest BCUT2D eigenvalue weighted by Gasteiger charge is -2.35. The number of rotatable bonds is 8. The van der Waals surface area contributed by atoms with Crippen LogP contribution in [0.2, 0.25) is 5.02 Å². The van der Waals surface area contributed by atoms with E-state index in [0.717, 1.165) is 43.3 Å². The molecule has 19 nitrogen and oxygen atoms in total. The minimum absolute atomic E-state index is 0.0495. The Labute approximate surface area is 462 Å². The number of amides is 6. The lowest BCUT2D eigenvalue weighted by atomic mass is 9.85. The van der Waals surface area contributed by atoms with E-state index in [1.54, 1.807) is 44.2 Å². The molecule has 2 saturated heterocycles. The first kappa shape index (κ1) is 57.1. The summed E-state index contributed by atoms with van der Waals surface area (Å²) in [6.45, 7) is 11.4. The van der Waals surface area contributed by atoms with Crippen LogP contribution in [0.1, 0.15) is 91.8 Å². The second kappa shape index (κ2) is 24.3. The fourth-order valence-electron chi connectivity index (χ4n) is 10.00. The summed E-state index contributed by atoms with van der Waals surface area (Å²) >= 11 is 7.87. The van der Waals surface area contributed by atoms with Gasteiger partial charge in [-0.25, -0.2) is 0 Å². The number of Topliss-reactive ketones (excluding diaryl/α,β-unsaturated/α-hetero) is 1. The van der Waals surface area contributed by atoms with Crippen LogP contribution in [-0.4, -0.2) is 147 Å². The Morgan fingerprint density at radius 3 is 2.24 bits per heavy atom.